The number of nitrogens with one attached hydrogen (secondary N) is 2. The van der Waals surface area contributed by atoms with Gasteiger partial charge in [-0.3, -0.25) is 0 Å². The molecule has 3 aromatic rings. The maximum absolute atomic E-state index is 4.81. The number of para-hydroxylation sites is 1. The highest BCUT2D eigenvalue weighted by Gasteiger charge is 2.22. The summed E-state index contributed by atoms with van der Waals surface area (Å²) in [5.74, 6) is 2.48. The number of benzene rings is 2. The largest absolute Gasteiger partial charge is 0.362 e. The van der Waals surface area contributed by atoms with Crippen molar-refractivity contribution in [3.8, 4) is 0 Å². The third-order valence-electron chi connectivity index (χ3n) is 7.03. The summed E-state index contributed by atoms with van der Waals surface area (Å²) in [6, 6.07) is 17.8. The second-order valence-electron chi connectivity index (χ2n) is 11.0. The molecule has 5 nitrogen and oxygen atoms in total. The van der Waals surface area contributed by atoms with Crippen molar-refractivity contribution >= 4 is 22.7 Å². The van der Waals surface area contributed by atoms with Crippen molar-refractivity contribution in [1.82, 2.24) is 15.3 Å². The number of hydrogen-bond acceptors (Lipinski definition) is 5. The smallest absolute Gasteiger partial charge is 0.225 e. The molecular weight excluding hydrogens is 418 g/mol. The van der Waals surface area contributed by atoms with E-state index < -0.39 is 0 Å². The fourth-order valence-corrected chi connectivity index (χ4v) is 4.87. The Kier molecular flexibility index (Phi) is 7.72. The van der Waals surface area contributed by atoms with Gasteiger partial charge in [-0.05, 0) is 79.8 Å². The molecule has 0 bridgehead atoms. The van der Waals surface area contributed by atoms with Crippen molar-refractivity contribution < 1.29 is 0 Å². The number of hydrogen-bond donors (Lipinski definition) is 2. The monoisotopic (exact) mass is 459 g/mol. The summed E-state index contributed by atoms with van der Waals surface area (Å²) in [6.07, 6.45) is 5.94. The van der Waals surface area contributed by atoms with Gasteiger partial charge >= 0.3 is 0 Å². The number of rotatable bonds is 8. The van der Waals surface area contributed by atoms with Crippen molar-refractivity contribution in [2.24, 2.45) is 5.92 Å². The minimum absolute atomic E-state index is 0.222. The summed E-state index contributed by atoms with van der Waals surface area (Å²) in [4.78, 5) is 11.7. The number of fused-ring (bicyclic) bond motifs is 1. The van der Waals surface area contributed by atoms with Crippen LogP contribution in [-0.2, 0) is 11.8 Å². The highest BCUT2D eigenvalue weighted by atomic mass is 15.2. The van der Waals surface area contributed by atoms with Crippen LogP contribution >= 0.6 is 0 Å². The summed E-state index contributed by atoms with van der Waals surface area (Å²) in [7, 11) is 4.08. The summed E-state index contributed by atoms with van der Waals surface area (Å²) in [5, 5.41) is 8.42. The van der Waals surface area contributed by atoms with E-state index >= 15 is 0 Å². The number of aromatic nitrogens is 2. The molecule has 1 heterocycles. The fraction of sp³-hybridized carbons (Fsp3) is 0.517. The van der Waals surface area contributed by atoms with E-state index in [0.29, 0.717) is 6.04 Å². The Morgan fingerprint density at radius 1 is 0.912 bits per heavy atom. The zero-order valence-corrected chi connectivity index (χ0v) is 21.6. The number of anilines is 2. The zero-order chi connectivity index (χ0) is 24.1. The predicted octanol–water partition coefficient (Wildman–Crippen LogP) is 5.80. The molecule has 0 amide bonds. The van der Waals surface area contributed by atoms with Gasteiger partial charge in [0, 0.05) is 25.5 Å². The molecule has 1 fully saturated rings. The summed E-state index contributed by atoms with van der Waals surface area (Å²) >= 11 is 0. The molecule has 182 valence electrons. The molecule has 1 saturated carbocycles. The van der Waals surface area contributed by atoms with Crippen LogP contribution in [-0.4, -0.2) is 43.2 Å². The van der Waals surface area contributed by atoms with Gasteiger partial charge in [0.2, 0.25) is 5.95 Å². The van der Waals surface area contributed by atoms with E-state index in [1.54, 1.807) is 0 Å². The lowest BCUT2D eigenvalue weighted by atomic mass is 9.86. The Bertz CT molecular complexity index is 1060. The van der Waals surface area contributed by atoms with Crippen LogP contribution in [0.2, 0.25) is 0 Å². The van der Waals surface area contributed by atoms with E-state index in [-0.39, 0.29) is 5.41 Å². The SMILES string of the molecule is CN(C)c1nc(N[C@H]2CC[C@@H](CNCCc3ccc(C(C)(C)C)cc3)CC2)nc2ccccc12. The highest BCUT2D eigenvalue weighted by Crippen LogP contribution is 2.28. The molecule has 1 aliphatic carbocycles. The van der Waals surface area contributed by atoms with Gasteiger partial charge in [-0.1, -0.05) is 57.2 Å². The Labute approximate surface area is 205 Å². The topological polar surface area (TPSA) is 53.1 Å². The average Bonchev–Trinajstić information content (AvgIpc) is 2.82. The first kappa shape index (κ1) is 24.5. The van der Waals surface area contributed by atoms with Crippen LogP contribution in [0.25, 0.3) is 10.9 Å². The maximum atomic E-state index is 4.81. The van der Waals surface area contributed by atoms with Crippen molar-refractivity contribution in [3.05, 3.63) is 59.7 Å². The van der Waals surface area contributed by atoms with E-state index in [2.05, 4.69) is 72.7 Å². The average molecular weight is 460 g/mol. The molecule has 0 radical (unpaired) electrons. The molecule has 5 heteroatoms. The predicted molar refractivity (Wildman–Crippen MR) is 145 cm³/mol. The van der Waals surface area contributed by atoms with E-state index in [0.717, 1.165) is 48.1 Å². The molecule has 4 rings (SSSR count). The molecule has 0 unspecified atom stereocenters. The van der Waals surface area contributed by atoms with Crippen LogP contribution in [0.4, 0.5) is 11.8 Å². The van der Waals surface area contributed by atoms with Crippen molar-refractivity contribution in [1.29, 1.82) is 0 Å². The third kappa shape index (κ3) is 6.26. The lowest BCUT2D eigenvalue weighted by Gasteiger charge is -2.29. The third-order valence-corrected chi connectivity index (χ3v) is 7.03. The molecule has 2 N–H and O–H groups in total. The first-order valence-corrected chi connectivity index (χ1v) is 12.8. The van der Waals surface area contributed by atoms with Gasteiger partial charge in [-0.15, -0.1) is 0 Å². The highest BCUT2D eigenvalue weighted by molar-refractivity contribution is 5.90. The van der Waals surface area contributed by atoms with Gasteiger partial charge in [-0.25, -0.2) is 4.98 Å². The second-order valence-corrected chi connectivity index (χ2v) is 11.0. The normalized spacial score (nSPS) is 18.7. The second kappa shape index (κ2) is 10.7. The van der Waals surface area contributed by atoms with Gasteiger partial charge in [-0.2, -0.15) is 4.98 Å². The zero-order valence-electron chi connectivity index (χ0n) is 21.6. The van der Waals surface area contributed by atoms with Crippen molar-refractivity contribution in [3.63, 3.8) is 0 Å². The first-order valence-electron chi connectivity index (χ1n) is 12.8. The Balaban J connectivity index is 1.21. The van der Waals surface area contributed by atoms with Gasteiger partial charge in [0.1, 0.15) is 5.82 Å². The fourth-order valence-electron chi connectivity index (χ4n) is 4.87. The molecule has 0 atom stereocenters. The molecule has 0 spiro atoms. The Morgan fingerprint density at radius 3 is 2.29 bits per heavy atom. The quantitative estimate of drug-likeness (QED) is 0.417. The van der Waals surface area contributed by atoms with E-state index in [9.17, 15) is 0 Å². The van der Waals surface area contributed by atoms with Crippen LogP contribution in [0.3, 0.4) is 0 Å². The molecule has 1 aliphatic rings. The number of nitrogens with zero attached hydrogens (tertiary/aromatic N) is 3. The molecule has 34 heavy (non-hydrogen) atoms. The molecule has 0 saturated heterocycles. The van der Waals surface area contributed by atoms with Gasteiger partial charge < -0.3 is 15.5 Å². The van der Waals surface area contributed by atoms with Gasteiger partial charge in [0.25, 0.3) is 0 Å². The van der Waals surface area contributed by atoms with Crippen LogP contribution in [0.5, 0.6) is 0 Å². The van der Waals surface area contributed by atoms with E-state index in [4.69, 9.17) is 9.97 Å². The van der Waals surface area contributed by atoms with Crippen LogP contribution in [0.1, 0.15) is 57.6 Å². The van der Waals surface area contributed by atoms with Crippen molar-refractivity contribution in [2.75, 3.05) is 37.4 Å². The minimum atomic E-state index is 0.222. The minimum Gasteiger partial charge on any atom is -0.362 e. The standard InChI is InChI=1S/C29H41N5/c1-29(2,3)23-14-10-21(11-15-23)18-19-30-20-22-12-16-24(17-13-22)31-28-32-26-9-7-6-8-25(26)27(33-28)34(4)5/h6-11,14-15,22,24,30H,12-13,16-20H2,1-5H3,(H,31,32,33)/t22-,24+. The Hall–Kier alpha value is -2.66. The summed E-state index contributed by atoms with van der Waals surface area (Å²) in [6.45, 7) is 8.96. The lowest BCUT2D eigenvalue weighted by Crippen LogP contribution is -2.32. The summed E-state index contributed by atoms with van der Waals surface area (Å²) in [5.41, 5.74) is 4.04. The Morgan fingerprint density at radius 2 is 1.62 bits per heavy atom. The summed E-state index contributed by atoms with van der Waals surface area (Å²) < 4.78 is 0. The molecular formula is C29H41N5. The van der Waals surface area contributed by atoms with Crippen LogP contribution in [0.15, 0.2) is 48.5 Å². The van der Waals surface area contributed by atoms with Crippen LogP contribution in [0, 0.1) is 5.92 Å². The van der Waals surface area contributed by atoms with Gasteiger partial charge in [0.15, 0.2) is 0 Å². The first-order chi connectivity index (χ1) is 16.3. The van der Waals surface area contributed by atoms with Crippen molar-refractivity contribution in [2.45, 2.75) is 64.3 Å². The van der Waals surface area contributed by atoms with E-state index in [1.807, 2.05) is 26.2 Å². The molecule has 2 aromatic carbocycles. The lowest BCUT2D eigenvalue weighted by molar-refractivity contribution is 0.325. The van der Waals surface area contributed by atoms with Crippen LogP contribution < -0.4 is 15.5 Å². The molecule has 0 aliphatic heterocycles. The van der Waals surface area contributed by atoms with E-state index in [1.165, 1.54) is 36.8 Å². The maximum Gasteiger partial charge on any atom is 0.225 e. The molecule has 1 aromatic heterocycles. The van der Waals surface area contributed by atoms with Gasteiger partial charge in [0.05, 0.1) is 5.52 Å².